The first-order valence-corrected chi connectivity index (χ1v) is 5.41. The van der Waals surface area contributed by atoms with Crippen LogP contribution in [0.5, 0.6) is 0 Å². The maximum absolute atomic E-state index is 6.16. The van der Waals surface area contributed by atoms with E-state index >= 15 is 0 Å². The van der Waals surface area contributed by atoms with Crippen LogP contribution >= 0.6 is 24.0 Å². The summed E-state index contributed by atoms with van der Waals surface area (Å²) in [6.07, 6.45) is 0. The zero-order chi connectivity index (χ0) is 10.7. The number of rotatable bonds is 3. The van der Waals surface area contributed by atoms with Gasteiger partial charge in [-0.3, -0.25) is 4.99 Å². The van der Waals surface area contributed by atoms with E-state index in [2.05, 4.69) is 15.6 Å². The van der Waals surface area contributed by atoms with E-state index in [1.165, 1.54) is 0 Å². The molecule has 5 heteroatoms. The molecule has 1 aromatic rings. The van der Waals surface area contributed by atoms with Gasteiger partial charge in [0.2, 0.25) is 0 Å². The summed E-state index contributed by atoms with van der Waals surface area (Å²) in [5.41, 5.74) is 2.05. The first-order valence-electron chi connectivity index (χ1n) is 5.03. The van der Waals surface area contributed by atoms with Crippen molar-refractivity contribution in [3.05, 3.63) is 28.8 Å². The average Bonchev–Trinajstić information content (AvgIpc) is 2.73. The maximum atomic E-state index is 6.16. The van der Waals surface area contributed by atoms with Crippen LogP contribution in [0.25, 0.3) is 0 Å². The van der Waals surface area contributed by atoms with Gasteiger partial charge in [0.15, 0.2) is 0 Å². The van der Waals surface area contributed by atoms with E-state index in [1.54, 1.807) is 0 Å². The Hall–Kier alpha value is -0.930. The van der Waals surface area contributed by atoms with Crippen molar-refractivity contribution >= 4 is 35.5 Å². The molecule has 0 radical (unpaired) electrons. The molecule has 0 fully saturated rings. The van der Waals surface area contributed by atoms with Crippen molar-refractivity contribution in [2.24, 2.45) is 4.99 Å². The van der Waals surface area contributed by atoms with Crippen molar-refractivity contribution in [1.82, 2.24) is 5.32 Å². The van der Waals surface area contributed by atoms with Gasteiger partial charge in [0.1, 0.15) is 5.84 Å². The number of amidine groups is 1. The third kappa shape index (κ3) is 3.03. The minimum Gasteiger partial charge on any atom is -0.377 e. The molecule has 0 aromatic heterocycles. The number of nitrogens with zero attached hydrogens (tertiary/aromatic N) is 1. The summed E-state index contributed by atoms with van der Waals surface area (Å²) in [4.78, 5) is 4.30. The zero-order valence-electron chi connectivity index (χ0n) is 9.09. The number of nitrogens with one attached hydrogen (secondary N) is 2. The molecular formula is C11H15Cl2N3. The third-order valence-electron chi connectivity index (χ3n) is 2.38. The van der Waals surface area contributed by atoms with E-state index in [-0.39, 0.29) is 12.4 Å². The minimum atomic E-state index is 0. The number of hydrogen-bond acceptors (Lipinski definition) is 3. The summed E-state index contributed by atoms with van der Waals surface area (Å²) < 4.78 is 0. The van der Waals surface area contributed by atoms with Crippen LogP contribution in [0.4, 0.5) is 5.69 Å². The predicted molar refractivity (Wildman–Crippen MR) is 72.2 cm³/mol. The van der Waals surface area contributed by atoms with E-state index in [1.807, 2.05) is 25.1 Å². The van der Waals surface area contributed by atoms with Crippen LogP contribution in [0.2, 0.25) is 5.02 Å². The first kappa shape index (κ1) is 13.1. The molecule has 2 rings (SSSR count). The highest BCUT2D eigenvalue weighted by Gasteiger charge is 2.06. The van der Waals surface area contributed by atoms with Gasteiger partial charge in [0.25, 0.3) is 0 Å². The van der Waals surface area contributed by atoms with Crippen LogP contribution in [-0.2, 0) is 0 Å². The molecule has 1 aliphatic rings. The lowest BCUT2D eigenvalue weighted by Crippen LogP contribution is -2.26. The Labute approximate surface area is 107 Å². The van der Waals surface area contributed by atoms with Gasteiger partial charge in [-0.2, -0.15) is 0 Å². The van der Waals surface area contributed by atoms with Crippen molar-refractivity contribution in [3.8, 4) is 0 Å². The second-order valence-electron chi connectivity index (χ2n) is 3.55. The second kappa shape index (κ2) is 5.97. The Bertz CT molecular complexity index is 391. The molecule has 88 valence electrons. The topological polar surface area (TPSA) is 36.4 Å². The van der Waals surface area contributed by atoms with Crippen molar-refractivity contribution in [1.29, 1.82) is 0 Å². The van der Waals surface area contributed by atoms with E-state index in [0.29, 0.717) is 6.54 Å². The van der Waals surface area contributed by atoms with Crippen molar-refractivity contribution in [3.63, 3.8) is 0 Å². The highest BCUT2D eigenvalue weighted by molar-refractivity contribution is 6.34. The smallest absolute Gasteiger partial charge is 0.116 e. The third-order valence-corrected chi connectivity index (χ3v) is 2.88. The molecule has 0 bridgehead atoms. The summed E-state index contributed by atoms with van der Waals surface area (Å²) in [5, 5.41) is 7.26. The van der Waals surface area contributed by atoms with Crippen molar-refractivity contribution < 1.29 is 0 Å². The fourth-order valence-corrected chi connectivity index (χ4v) is 1.72. The van der Waals surface area contributed by atoms with Gasteiger partial charge in [-0.25, -0.2) is 0 Å². The van der Waals surface area contributed by atoms with Gasteiger partial charge < -0.3 is 10.6 Å². The van der Waals surface area contributed by atoms with Gasteiger partial charge in [0, 0.05) is 6.54 Å². The highest BCUT2D eigenvalue weighted by Crippen LogP contribution is 2.24. The standard InChI is InChI=1S/C11H14ClN3.ClH/c1-8-3-2-4-9(11(8)12)15-7-10-13-5-6-14-10;/h2-4,15H,5-7H2,1H3,(H,13,14);1H. The Morgan fingerprint density at radius 3 is 3.00 bits per heavy atom. The summed E-state index contributed by atoms with van der Waals surface area (Å²) >= 11 is 6.16. The average molecular weight is 260 g/mol. The Morgan fingerprint density at radius 2 is 2.31 bits per heavy atom. The molecular weight excluding hydrogens is 245 g/mol. The highest BCUT2D eigenvalue weighted by atomic mass is 35.5. The summed E-state index contributed by atoms with van der Waals surface area (Å²) in [6, 6.07) is 5.97. The second-order valence-corrected chi connectivity index (χ2v) is 3.92. The molecule has 0 spiro atoms. The number of aryl methyl sites for hydroxylation is 1. The normalized spacial score (nSPS) is 13.8. The van der Waals surface area contributed by atoms with Gasteiger partial charge in [-0.05, 0) is 18.6 Å². The molecule has 1 heterocycles. The number of aliphatic imine (C=N–C) groups is 1. The predicted octanol–water partition coefficient (Wildman–Crippen LogP) is 2.48. The molecule has 1 aliphatic heterocycles. The minimum absolute atomic E-state index is 0. The van der Waals surface area contributed by atoms with Crippen LogP contribution in [-0.4, -0.2) is 25.5 Å². The Kier molecular flexibility index (Phi) is 4.90. The van der Waals surface area contributed by atoms with E-state index in [9.17, 15) is 0 Å². The van der Waals surface area contributed by atoms with E-state index < -0.39 is 0 Å². The summed E-state index contributed by atoms with van der Waals surface area (Å²) in [7, 11) is 0. The fraction of sp³-hybridized carbons (Fsp3) is 0.364. The zero-order valence-corrected chi connectivity index (χ0v) is 10.7. The Morgan fingerprint density at radius 1 is 1.50 bits per heavy atom. The van der Waals surface area contributed by atoms with Gasteiger partial charge in [-0.15, -0.1) is 12.4 Å². The van der Waals surface area contributed by atoms with Crippen LogP contribution in [0.15, 0.2) is 23.2 Å². The first-order chi connectivity index (χ1) is 7.27. The molecule has 0 saturated heterocycles. The molecule has 1 aromatic carbocycles. The van der Waals surface area contributed by atoms with Gasteiger partial charge >= 0.3 is 0 Å². The summed E-state index contributed by atoms with van der Waals surface area (Å²) in [5.74, 6) is 1.01. The lowest BCUT2D eigenvalue weighted by Gasteiger charge is -2.09. The quantitative estimate of drug-likeness (QED) is 0.876. The molecule has 0 saturated carbocycles. The molecule has 16 heavy (non-hydrogen) atoms. The van der Waals surface area contributed by atoms with E-state index in [4.69, 9.17) is 11.6 Å². The number of hydrogen-bond donors (Lipinski definition) is 2. The molecule has 0 atom stereocenters. The van der Waals surface area contributed by atoms with Crippen LogP contribution in [0, 0.1) is 6.92 Å². The Balaban J connectivity index is 0.00000128. The lowest BCUT2D eigenvalue weighted by atomic mass is 10.2. The molecule has 2 N–H and O–H groups in total. The molecule has 0 amide bonds. The fourth-order valence-electron chi connectivity index (χ4n) is 1.53. The molecule has 0 unspecified atom stereocenters. The van der Waals surface area contributed by atoms with Crippen LogP contribution in [0.3, 0.4) is 0 Å². The number of halogens is 2. The molecule has 0 aliphatic carbocycles. The number of anilines is 1. The molecule has 3 nitrogen and oxygen atoms in total. The summed E-state index contributed by atoms with van der Waals surface area (Å²) in [6.45, 7) is 4.53. The van der Waals surface area contributed by atoms with Crippen molar-refractivity contribution in [2.75, 3.05) is 25.0 Å². The maximum Gasteiger partial charge on any atom is 0.116 e. The number of benzene rings is 1. The monoisotopic (exact) mass is 259 g/mol. The van der Waals surface area contributed by atoms with Crippen LogP contribution in [0.1, 0.15) is 5.56 Å². The van der Waals surface area contributed by atoms with Gasteiger partial charge in [-0.1, -0.05) is 23.7 Å². The van der Waals surface area contributed by atoms with Gasteiger partial charge in [0.05, 0.1) is 23.8 Å². The van der Waals surface area contributed by atoms with E-state index in [0.717, 1.165) is 35.2 Å². The SMILES string of the molecule is Cc1cccc(NCC2=NCCN2)c1Cl.Cl. The van der Waals surface area contributed by atoms with Crippen LogP contribution < -0.4 is 10.6 Å². The lowest BCUT2D eigenvalue weighted by molar-refractivity contribution is 0.956. The largest absolute Gasteiger partial charge is 0.377 e. The van der Waals surface area contributed by atoms with Crippen molar-refractivity contribution in [2.45, 2.75) is 6.92 Å².